The summed E-state index contributed by atoms with van der Waals surface area (Å²) in [6.07, 6.45) is -3.06. The molecule has 1 aromatic rings. The van der Waals surface area contributed by atoms with Gasteiger partial charge in [-0.2, -0.15) is 13.2 Å². The van der Waals surface area contributed by atoms with Crippen LogP contribution in [0.3, 0.4) is 0 Å². The van der Waals surface area contributed by atoms with E-state index in [1.165, 1.54) is 12.1 Å². The molecule has 0 aromatic heterocycles. The van der Waals surface area contributed by atoms with Crippen LogP contribution in [0.25, 0.3) is 0 Å². The Morgan fingerprint density at radius 3 is 2.40 bits per heavy atom. The average Bonchev–Trinajstić information content (AvgIpc) is 2.14. The molecule has 0 amide bonds. The fourth-order valence-electron chi connectivity index (χ4n) is 1.10. The first-order valence-corrected chi connectivity index (χ1v) is 4.48. The number of nitrogens with two attached hydrogens (primary N) is 1. The number of alkyl halides is 3. The first-order valence-electron chi connectivity index (χ1n) is 4.10. The Labute approximate surface area is 90.3 Å². The van der Waals surface area contributed by atoms with E-state index in [9.17, 15) is 13.2 Å². The second kappa shape index (κ2) is 4.24. The van der Waals surface area contributed by atoms with Gasteiger partial charge in [0, 0.05) is 11.1 Å². The lowest BCUT2D eigenvalue weighted by atomic mass is 10.0. The van der Waals surface area contributed by atoms with Gasteiger partial charge in [0.25, 0.3) is 0 Å². The van der Waals surface area contributed by atoms with Gasteiger partial charge in [-0.15, -0.1) is 6.58 Å². The Morgan fingerprint density at radius 1 is 1.33 bits per heavy atom. The minimum Gasteiger partial charge on any atom is -0.321 e. The van der Waals surface area contributed by atoms with Gasteiger partial charge >= 0.3 is 6.18 Å². The lowest BCUT2D eigenvalue weighted by Crippen LogP contribution is -2.10. The minimum absolute atomic E-state index is 0.0112. The molecule has 5 heteroatoms. The van der Waals surface area contributed by atoms with Crippen molar-refractivity contribution in [3.05, 3.63) is 47.0 Å². The molecule has 0 fully saturated rings. The topological polar surface area (TPSA) is 26.0 Å². The van der Waals surface area contributed by atoms with E-state index >= 15 is 0 Å². The molecule has 82 valence electrons. The van der Waals surface area contributed by atoms with Crippen LogP contribution in [0.15, 0.2) is 30.9 Å². The maximum atomic E-state index is 12.4. The lowest BCUT2D eigenvalue weighted by Gasteiger charge is -2.12. The molecule has 1 aromatic carbocycles. The van der Waals surface area contributed by atoms with Crippen LogP contribution in [-0.2, 0) is 6.18 Å². The van der Waals surface area contributed by atoms with Crippen LogP contribution >= 0.6 is 11.6 Å². The third kappa shape index (κ3) is 2.97. The normalized spacial score (nSPS) is 13.7. The second-order valence-corrected chi connectivity index (χ2v) is 3.47. The summed E-state index contributed by atoms with van der Waals surface area (Å²) in [4.78, 5) is 0. The van der Waals surface area contributed by atoms with E-state index in [1.807, 2.05) is 0 Å². The van der Waals surface area contributed by atoms with Gasteiger partial charge < -0.3 is 5.73 Å². The van der Waals surface area contributed by atoms with Crippen LogP contribution in [0.1, 0.15) is 17.2 Å². The van der Waals surface area contributed by atoms with E-state index in [0.29, 0.717) is 5.56 Å². The highest BCUT2D eigenvalue weighted by molar-refractivity contribution is 6.30. The SMILES string of the molecule is C=C[C@H](N)c1cc(Cl)cc(C(F)(F)F)c1. The van der Waals surface area contributed by atoms with Gasteiger partial charge in [-0.3, -0.25) is 0 Å². The third-order valence-electron chi connectivity index (χ3n) is 1.89. The maximum absolute atomic E-state index is 12.4. The molecular formula is C10H9ClF3N. The highest BCUT2D eigenvalue weighted by Crippen LogP contribution is 2.33. The molecular weight excluding hydrogens is 227 g/mol. The highest BCUT2D eigenvalue weighted by Gasteiger charge is 2.31. The first kappa shape index (κ1) is 12.1. The zero-order valence-electron chi connectivity index (χ0n) is 7.68. The molecule has 0 saturated carbocycles. The molecule has 0 unspecified atom stereocenters. The van der Waals surface area contributed by atoms with E-state index in [4.69, 9.17) is 17.3 Å². The van der Waals surface area contributed by atoms with Gasteiger partial charge in [-0.05, 0) is 23.8 Å². The van der Waals surface area contributed by atoms with E-state index in [2.05, 4.69) is 6.58 Å². The molecule has 15 heavy (non-hydrogen) atoms. The molecule has 0 spiro atoms. The summed E-state index contributed by atoms with van der Waals surface area (Å²) in [5.74, 6) is 0. The molecule has 0 aliphatic heterocycles. The highest BCUT2D eigenvalue weighted by atomic mass is 35.5. The Balaban J connectivity index is 3.22. The molecule has 0 radical (unpaired) electrons. The van der Waals surface area contributed by atoms with Gasteiger partial charge in [-0.25, -0.2) is 0 Å². The number of benzene rings is 1. The summed E-state index contributed by atoms with van der Waals surface area (Å²) < 4.78 is 37.2. The summed E-state index contributed by atoms with van der Waals surface area (Å²) in [7, 11) is 0. The molecule has 2 N–H and O–H groups in total. The van der Waals surface area contributed by atoms with Crippen molar-refractivity contribution in [2.75, 3.05) is 0 Å². The largest absolute Gasteiger partial charge is 0.416 e. The predicted molar refractivity (Wildman–Crippen MR) is 53.6 cm³/mol. The van der Waals surface area contributed by atoms with Crippen molar-refractivity contribution < 1.29 is 13.2 Å². The van der Waals surface area contributed by atoms with Gasteiger partial charge in [0.1, 0.15) is 0 Å². The van der Waals surface area contributed by atoms with Gasteiger partial charge in [0.2, 0.25) is 0 Å². The van der Waals surface area contributed by atoms with Gasteiger partial charge in [0.05, 0.1) is 5.56 Å². The van der Waals surface area contributed by atoms with E-state index in [-0.39, 0.29) is 5.02 Å². The van der Waals surface area contributed by atoms with Crippen molar-refractivity contribution in [3.63, 3.8) is 0 Å². The first-order chi connectivity index (χ1) is 6.84. The smallest absolute Gasteiger partial charge is 0.321 e. The standard InChI is InChI=1S/C10H9ClF3N/c1-2-9(15)6-3-7(10(12,13)14)5-8(11)4-6/h2-5,9H,1,15H2/t9-/m0/s1. The quantitative estimate of drug-likeness (QED) is 0.780. The van der Waals surface area contributed by atoms with Crippen LogP contribution in [0.4, 0.5) is 13.2 Å². The van der Waals surface area contributed by atoms with E-state index < -0.39 is 17.8 Å². The number of hydrogen-bond acceptors (Lipinski definition) is 1. The maximum Gasteiger partial charge on any atom is 0.416 e. The predicted octanol–water partition coefficient (Wildman–Crippen LogP) is 3.54. The van der Waals surface area contributed by atoms with Crippen molar-refractivity contribution in [1.29, 1.82) is 0 Å². The summed E-state index contributed by atoms with van der Waals surface area (Å²) in [5.41, 5.74) is 5.02. The summed E-state index contributed by atoms with van der Waals surface area (Å²) in [5, 5.41) is 0.0112. The molecule has 1 rings (SSSR count). The van der Waals surface area contributed by atoms with Crippen molar-refractivity contribution >= 4 is 11.6 Å². The van der Waals surface area contributed by atoms with E-state index in [1.54, 1.807) is 0 Å². The third-order valence-corrected chi connectivity index (χ3v) is 2.10. The monoisotopic (exact) mass is 235 g/mol. The van der Waals surface area contributed by atoms with Crippen molar-refractivity contribution in [1.82, 2.24) is 0 Å². The Bertz CT molecular complexity index is 373. The summed E-state index contributed by atoms with van der Waals surface area (Å²) in [6.45, 7) is 3.41. The summed E-state index contributed by atoms with van der Waals surface area (Å²) in [6, 6.07) is 2.58. The van der Waals surface area contributed by atoms with Gasteiger partial charge in [-0.1, -0.05) is 17.7 Å². The molecule has 0 aliphatic carbocycles. The van der Waals surface area contributed by atoms with Crippen LogP contribution in [0.2, 0.25) is 5.02 Å². The van der Waals surface area contributed by atoms with E-state index in [0.717, 1.165) is 12.1 Å². The molecule has 1 nitrogen and oxygen atoms in total. The Morgan fingerprint density at radius 2 is 1.93 bits per heavy atom. The van der Waals surface area contributed by atoms with Crippen molar-refractivity contribution in [3.8, 4) is 0 Å². The molecule has 1 atom stereocenters. The molecule has 0 bridgehead atoms. The van der Waals surface area contributed by atoms with Crippen molar-refractivity contribution in [2.45, 2.75) is 12.2 Å². The number of hydrogen-bond donors (Lipinski definition) is 1. The number of halogens is 4. The summed E-state index contributed by atoms with van der Waals surface area (Å²) >= 11 is 5.57. The zero-order chi connectivity index (χ0) is 11.6. The van der Waals surface area contributed by atoms with Gasteiger partial charge in [0.15, 0.2) is 0 Å². The van der Waals surface area contributed by atoms with Crippen LogP contribution in [0.5, 0.6) is 0 Å². The zero-order valence-corrected chi connectivity index (χ0v) is 8.44. The lowest BCUT2D eigenvalue weighted by molar-refractivity contribution is -0.137. The van der Waals surface area contributed by atoms with Crippen molar-refractivity contribution in [2.24, 2.45) is 5.73 Å². The molecule has 0 heterocycles. The fourth-order valence-corrected chi connectivity index (χ4v) is 1.35. The molecule has 0 saturated heterocycles. The minimum atomic E-state index is -4.42. The Kier molecular flexibility index (Phi) is 3.42. The Hall–Kier alpha value is -1.00. The van der Waals surface area contributed by atoms with Crippen LogP contribution in [-0.4, -0.2) is 0 Å². The van der Waals surface area contributed by atoms with Crippen LogP contribution < -0.4 is 5.73 Å². The van der Waals surface area contributed by atoms with Crippen LogP contribution in [0, 0.1) is 0 Å². The fraction of sp³-hybridized carbons (Fsp3) is 0.200. The average molecular weight is 236 g/mol. The number of rotatable bonds is 2. The molecule has 0 aliphatic rings. The second-order valence-electron chi connectivity index (χ2n) is 3.03.